The Hall–Kier alpha value is -1.10. The van der Waals surface area contributed by atoms with Gasteiger partial charge in [0.25, 0.3) is 0 Å². The molecule has 0 bridgehead atoms. The van der Waals surface area contributed by atoms with Gasteiger partial charge in [-0.2, -0.15) is 0 Å². The van der Waals surface area contributed by atoms with Gasteiger partial charge in [0.1, 0.15) is 5.01 Å². The van der Waals surface area contributed by atoms with Crippen molar-refractivity contribution in [1.29, 1.82) is 0 Å². The maximum Gasteiger partial charge on any atom is 0.192 e. The summed E-state index contributed by atoms with van der Waals surface area (Å²) in [7, 11) is -3.96. The zero-order valence-electron chi connectivity index (χ0n) is 36.2. The standard InChI is InChI=1S/C46H77NO3SSi2/c1-15-16-19-37-31-47-42(51-37)46(27-28-46)41(48)25-20-32(2)38-23-24-39-34(18-17-26-45(38,39)10)21-22-35-29-36(49-52(11,12)43(4,5)6)30-40(33(35)3)50-53(13,14)44(7,8)9/h20-22,25,31-32,36,38-41,48H,3,15-19,23-24,26-30H2,1-2,4-14H3/b25-20+,34-21+,35-22-/t32-,36-,38-,39+,40+,41-,45-/m1/s1. The van der Waals surface area contributed by atoms with Crippen molar-refractivity contribution < 1.29 is 14.0 Å². The predicted molar refractivity (Wildman–Crippen MR) is 233 cm³/mol. The van der Waals surface area contributed by atoms with Crippen LogP contribution < -0.4 is 0 Å². The fourth-order valence-electron chi connectivity index (χ4n) is 9.28. The highest BCUT2D eigenvalue weighted by atomic mass is 32.1. The molecule has 4 aliphatic rings. The second kappa shape index (κ2) is 16.0. The Kier molecular flexibility index (Phi) is 13.0. The van der Waals surface area contributed by atoms with E-state index < -0.39 is 22.7 Å². The molecule has 0 aliphatic heterocycles. The van der Waals surface area contributed by atoms with E-state index in [1.807, 2.05) is 11.3 Å². The largest absolute Gasteiger partial charge is 0.413 e. The topological polar surface area (TPSA) is 51.6 Å². The third-order valence-corrected chi connectivity index (χ3v) is 25.4. The molecular formula is C46H77NO3SSi2. The molecule has 0 spiro atoms. The van der Waals surface area contributed by atoms with Gasteiger partial charge < -0.3 is 14.0 Å². The molecule has 1 aromatic rings. The van der Waals surface area contributed by atoms with E-state index in [1.165, 1.54) is 61.0 Å². The summed E-state index contributed by atoms with van der Waals surface area (Å²) in [6.07, 6.45) is 24.9. The summed E-state index contributed by atoms with van der Waals surface area (Å²) in [4.78, 5) is 6.18. The van der Waals surface area contributed by atoms with Crippen LogP contribution in [0.15, 0.2) is 53.8 Å². The van der Waals surface area contributed by atoms with Gasteiger partial charge in [-0.15, -0.1) is 11.3 Å². The van der Waals surface area contributed by atoms with Crippen LogP contribution in [0, 0.1) is 23.2 Å². The van der Waals surface area contributed by atoms with Crippen molar-refractivity contribution in [2.45, 2.75) is 199 Å². The van der Waals surface area contributed by atoms with Gasteiger partial charge in [0.05, 0.1) is 23.7 Å². The molecule has 298 valence electrons. The van der Waals surface area contributed by atoms with Crippen LogP contribution in [0.25, 0.3) is 0 Å². The molecule has 1 N–H and O–H groups in total. The molecule has 0 unspecified atom stereocenters. The number of fused-ring (bicyclic) bond motifs is 1. The average Bonchev–Trinajstić information content (AvgIpc) is 3.58. The van der Waals surface area contributed by atoms with Crippen molar-refractivity contribution >= 4 is 28.0 Å². The van der Waals surface area contributed by atoms with E-state index in [2.05, 4.69) is 119 Å². The van der Waals surface area contributed by atoms with Crippen LogP contribution in [-0.4, -0.2) is 45.0 Å². The quantitative estimate of drug-likeness (QED) is 0.160. The van der Waals surface area contributed by atoms with E-state index in [4.69, 9.17) is 20.4 Å². The number of aliphatic hydroxyl groups excluding tert-OH is 1. The van der Waals surface area contributed by atoms with Crippen molar-refractivity contribution in [3.8, 4) is 0 Å². The highest BCUT2D eigenvalue weighted by Crippen LogP contribution is 2.60. The molecule has 1 heterocycles. The number of aromatic nitrogens is 1. The summed E-state index contributed by atoms with van der Waals surface area (Å²) >= 11 is 1.83. The van der Waals surface area contributed by atoms with E-state index in [-0.39, 0.29) is 33.1 Å². The smallest absolute Gasteiger partial charge is 0.192 e. The van der Waals surface area contributed by atoms with Gasteiger partial charge in [-0.1, -0.05) is 105 Å². The number of allylic oxidation sites excluding steroid dienone is 4. The van der Waals surface area contributed by atoms with Crippen LogP contribution in [0.5, 0.6) is 0 Å². The molecule has 7 heteroatoms. The predicted octanol–water partition coefficient (Wildman–Crippen LogP) is 13.3. The minimum absolute atomic E-state index is 0.00742. The average molecular weight is 780 g/mol. The first-order valence-corrected chi connectivity index (χ1v) is 27.9. The number of unbranched alkanes of at least 4 members (excludes halogenated alkanes) is 1. The minimum atomic E-state index is -2.00. The zero-order chi connectivity index (χ0) is 39.2. The van der Waals surface area contributed by atoms with Crippen molar-refractivity contribution in [1.82, 2.24) is 4.98 Å². The second-order valence-electron chi connectivity index (χ2n) is 20.9. The van der Waals surface area contributed by atoms with E-state index >= 15 is 0 Å². The molecule has 0 saturated heterocycles. The Labute approximate surface area is 331 Å². The van der Waals surface area contributed by atoms with Crippen molar-refractivity contribution in [2.75, 3.05) is 0 Å². The number of aliphatic hydroxyl groups is 1. The fourth-order valence-corrected chi connectivity index (χ4v) is 13.2. The summed E-state index contributed by atoms with van der Waals surface area (Å²) in [6.45, 7) is 35.5. The first kappa shape index (κ1) is 43.0. The molecule has 4 nitrogen and oxygen atoms in total. The number of hydrogen-bond donors (Lipinski definition) is 1. The Bertz CT molecular complexity index is 1540. The fraction of sp³-hybridized carbons (Fsp3) is 0.761. The number of rotatable bonds is 13. The van der Waals surface area contributed by atoms with Crippen LogP contribution in [0.1, 0.15) is 143 Å². The lowest BCUT2D eigenvalue weighted by atomic mass is 9.61. The van der Waals surface area contributed by atoms with Crippen LogP contribution in [-0.2, 0) is 20.7 Å². The molecule has 4 aliphatic carbocycles. The van der Waals surface area contributed by atoms with Crippen LogP contribution in [0.4, 0.5) is 0 Å². The minimum Gasteiger partial charge on any atom is -0.413 e. The molecule has 1 aromatic heterocycles. The summed E-state index contributed by atoms with van der Waals surface area (Å²) in [5, 5.41) is 13.0. The molecule has 7 atom stereocenters. The molecule has 5 rings (SSSR count). The lowest BCUT2D eigenvalue weighted by Crippen LogP contribution is -2.49. The first-order chi connectivity index (χ1) is 24.5. The second-order valence-corrected chi connectivity index (χ2v) is 31.6. The molecule has 53 heavy (non-hydrogen) atoms. The maximum atomic E-state index is 11.5. The van der Waals surface area contributed by atoms with Crippen molar-refractivity contribution in [3.63, 3.8) is 0 Å². The van der Waals surface area contributed by atoms with Gasteiger partial charge in [-0.3, -0.25) is 0 Å². The Morgan fingerprint density at radius 1 is 1.00 bits per heavy atom. The van der Waals surface area contributed by atoms with Gasteiger partial charge in [0.2, 0.25) is 0 Å². The molecule has 0 amide bonds. The maximum absolute atomic E-state index is 11.5. The number of aryl methyl sites for hydroxylation is 1. The molecule has 4 saturated carbocycles. The normalized spacial score (nSPS) is 31.0. The summed E-state index contributed by atoms with van der Waals surface area (Å²) in [5.74, 6) is 1.67. The first-order valence-electron chi connectivity index (χ1n) is 21.3. The lowest BCUT2D eigenvalue weighted by molar-refractivity contribution is 0.0969. The summed E-state index contributed by atoms with van der Waals surface area (Å²) in [5.41, 5.74) is 4.25. The summed E-state index contributed by atoms with van der Waals surface area (Å²) < 4.78 is 14.2. The highest BCUT2D eigenvalue weighted by molar-refractivity contribution is 7.11. The van der Waals surface area contributed by atoms with Crippen LogP contribution in [0.3, 0.4) is 0 Å². The highest BCUT2D eigenvalue weighted by Gasteiger charge is 2.53. The number of nitrogens with zero attached hydrogens (tertiary/aromatic N) is 1. The van der Waals surface area contributed by atoms with E-state index in [0.29, 0.717) is 17.8 Å². The Balaban J connectivity index is 1.32. The van der Waals surface area contributed by atoms with Gasteiger partial charge in [0.15, 0.2) is 16.6 Å². The molecule has 4 fully saturated rings. The van der Waals surface area contributed by atoms with Crippen molar-refractivity contribution in [3.05, 3.63) is 63.7 Å². The Morgan fingerprint density at radius 3 is 2.28 bits per heavy atom. The third-order valence-electron chi connectivity index (χ3n) is 15.1. The third kappa shape index (κ3) is 9.22. The summed E-state index contributed by atoms with van der Waals surface area (Å²) in [6, 6.07) is 0. The van der Waals surface area contributed by atoms with E-state index in [1.54, 1.807) is 5.57 Å². The van der Waals surface area contributed by atoms with E-state index in [9.17, 15) is 5.11 Å². The van der Waals surface area contributed by atoms with Crippen LogP contribution in [0.2, 0.25) is 36.3 Å². The van der Waals surface area contributed by atoms with Crippen LogP contribution >= 0.6 is 11.3 Å². The molecule has 0 aromatic carbocycles. The number of thiazole rings is 1. The Morgan fingerprint density at radius 2 is 1.66 bits per heavy atom. The monoisotopic (exact) mass is 780 g/mol. The van der Waals surface area contributed by atoms with Gasteiger partial charge >= 0.3 is 0 Å². The molecular weight excluding hydrogens is 703 g/mol. The van der Waals surface area contributed by atoms with Gasteiger partial charge in [-0.05, 0) is 135 Å². The van der Waals surface area contributed by atoms with Gasteiger partial charge in [-0.25, -0.2) is 4.98 Å². The van der Waals surface area contributed by atoms with E-state index in [0.717, 1.165) is 37.1 Å². The lowest BCUT2D eigenvalue weighted by Gasteiger charge is -2.45. The SMILES string of the molecule is C=C1/C(=C\C=C2/CCC[C@]3(C)[C@@H]([C@H](C)/C=C/[C@@H](O)C4(c5ncc(CCCC)s5)CC4)CC[C@@H]23)C[C@@H](O[Si](C)(C)C(C)(C)C)C[C@@H]1O[Si](C)(C)C(C)(C)C. The zero-order valence-corrected chi connectivity index (χ0v) is 39.0. The molecule has 0 radical (unpaired) electrons. The van der Waals surface area contributed by atoms with Gasteiger partial charge in [0, 0.05) is 17.5 Å². The van der Waals surface area contributed by atoms with Crippen molar-refractivity contribution in [2.24, 2.45) is 23.2 Å². The number of hydrogen-bond acceptors (Lipinski definition) is 5.